The summed E-state index contributed by atoms with van der Waals surface area (Å²) in [5.74, 6) is -0.274. The lowest BCUT2D eigenvalue weighted by Crippen LogP contribution is -2.21. The zero-order chi connectivity index (χ0) is 10.8. The standard InChI is InChI=1S/C10H12FIO2/c1-10(2,3)14-13-9-7(11)5-4-6-8(9)12/h4-6H,1-3H3. The maximum Gasteiger partial charge on any atom is 0.214 e. The Balaban J connectivity index is 2.77. The second kappa shape index (κ2) is 4.44. The minimum atomic E-state index is -0.453. The van der Waals surface area contributed by atoms with Crippen LogP contribution in [0.3, 0.4) is 0 Å². The van der Waals surface area contributed by atoms with E-state index in [0.29, 0.717) is 3.57 Å². The largest absolute Gasteiger partial charge is 0.333 e. The minimum absolute atomic E-state index is 0.142. The number of rotatable bonds is 2. The van der Waals surface area contributed by atoms with Crippen molar-refractivity contribution in [3.8, 4) is 5.75 Å². The van der Waals surface area contributed by atoms with Crippen LogP contribution < -0.4 is 4.89 Å². The van der Waals surface area contributed by atoms with Crippen molar-refractivity contribution in [2.75, 3.05) is 0 Å². The summed E-state index contributed by atoms with van der Waals surface area (Å²) in [6.07, 6.45) is 0. The molecule has 0 saturated carbocycles. The normalized spacial score (nSPS) is 11.5. The molecule has 1 rings (SSSR count). The molecule has 4 heteroatoms. The van der Waals surface area contributed by atoms with Gasteiger partial charge in [-0.2, -0.15) is 4.89 Å². The zero-order valence-electron chi connectivity index (χ0n) is 8.30. The molecular weight excluding hydrogens is 298 g/mol. The monoisotopic (exact) mass is 310 g/mol. The highest BCUT2D eigenvalue weighted by atomic mass is 127. The Morgan fingerprint density at radius 1 is 1.29 bits per heavy atom. The molecular formula is C10H12FIO2. The van der Waals surface area contributed by atoms with Crippen LogP contribution >= 0.6 is 22.6 Å². The zero-order valence-corrected chi connectivity index (χ0v) is 10.5. The molecule has 0 heterocycles. The predicted octanol–water partition coefficient (Wildman–Crippen LogP) is 3.54. The first kappa shape index (κ1) is 11.7. The van der Waals surface area contributed by atoms with Crippen molar-refractivity contribution >= 4 is 22.6 Å². The third-order valence-electron chi connectivity index (χ3n) is 1.29. The summed E-state index contributed by atoms with van der Waals surface area (Å²) < 4.78 is 13.9. The summed E-state index contributed by atoms with van der Waals surface area (Å²) in [6.45, 7) is 5.50. The van der Waals surface area contributed by atoms with Crippen LogP contribution in [0.5, 0.6) is 5.75 Å². The molecule has 1 aromatic carbocycles. The quantitative estimate of drug-likeness (QED) is 0.472. The molecule has 0 aromatic heterocycles. The molecule has 0 aliphatic heterocycles. The van der Waals surface area contributed by atoms with Crippen LogP contribution in [0.1, 0.15) is 20.8 Å². The van der Waals surface area contributed by atoms with E-state index in [9.17, 15) is 4.39 Å². The van der Waals surface area contributed by atoms with Gasteiger partial charge in [-0.1, -0.05) is 6.07 Å². The fourth-order valence-corrected chi connectivity index (χ4v) is 1.28. The van der Waals surface area contributed by atoms with E-state index in [1.54, 1.807) is 12.1 Å². The maximum absolute atomic E-state index is 13.2. The number of hydrogen-bond donors (Lipinski definition) is 0. The van der Waals surface area contributed by atoms with Gasteiger partial charge in [0.2, 0.25) is 5.75 Å². The maximum atomic E-state index is 13.2. The molecule has 0 saturated heterocycles. The van der Waals surface area contributed by atoms with E-state index in [2.05, 4.69) is 0 Å². The van der Waals surface area contributed by atoms with Crippen LogP contribution in [0.2, 0.25) is 0 Å². The molecule has 2 nitrogen and oxygen atoms in total. The molecule has 0 N–H and O–H groups in total. The van der Waals surface area contributed by atoms with E-state index in [0.717, 1.165) is 0 Å². The highest BCUT2D eigenvalue weighted by Gasteiger charge is 2.16. The van der Waals surface area contributed by atoms with Crippen molar-refractivity contribution in [3.63, 3.8) is 0 Å². The average Bonchev–Trinajstić information content (AvgIpc) is 2.01. The van der Waals surface area contributed by atoms with Gasteiger partial charge in [-0.3, -0.25) is 0 Å². The number of halogens is 2. The molecule has 1 aromatic rings. The molecule has 0 spiro atoms. The average molecular weight is 310 g/mol. The lowest BCUT2D eigenvalue weighted by molar-refractivity contribution is -0.276. The SMILES string of the molecule is CC(C)(C)OOc1c(F)cccc1I. The molecule has 0 radical (unpaired) electrons. The third kappa shape index (κ3) is 3.42. The van der Waals surface area contributed by atoms with Gasteiger partial charge in [0, 0.05) is 0 Å². The van der Waals surface area contributed by atoms with Crippen LogP contribution in [-0.2, 0) is 4.89 Å². The Labute approximate surface area is 96.5 Å². The van der Waals surface area contributed by atoms with Crippen molar-refractivity contribution < 1.29 is 14.2 Å². The predicted molar refractivity (Wildman–Crippen MR) is 60.6 cm³/mol. The molecule has 0 aliphatic carbocycles. The number of hydrogen-bond acceptors (Lipinski definition) is 2. The highest BCUT2D eigenvalue weighted by molar-refractivity contribution is 14.1. The summed E-state index contributed by atoms with van der Waals surface area (Å²) >= 11 is 1.99. The molecule has 14 heavy (non-hydrogen) atoms. The van der Waals surface area contributed by atoms with E-state index in [1.807, 2.05) is 43.4 Å². The second-order valence-electron chi connectivity index (χ2n) is 3.83. The Morgan fingerprint density at radius 2 is 1.93 bits per heavy atom. The first-order chi connectivity index (χ1) is 6.40. The van der Waals surface area contributed by atoms with E-state index in [1.165, 1.54) is 6.07 Å². The molecule has 0 unspecified atom stereocenters. The Kier molecular flexibility index (Phi) is 3.71. The van der Waals surface area contributed by atoms with Crippen molar-refractivity contribution in [2.24, 2.45) is 0 Å². The molecule has 0 aliphatic rings. The Bertz CT molecular complexity index is 300. The molecule has 0 fully saturated rings. The van der Waals surface area contributed by atoms with Gasteiger partial charge in [0.05, 0.1) is 3.57 Å². The van der Waals surface area contributed by atoms with Crippen LogP contribution in [0.4, 0.5) is 4.39 Å². The van der Waals surface area contributed by atoms with Crippen molar-refractivity contribution in [1.82, 2.24) is 0 Å². The smallest absolute Gasteiger partial charge is 0.214 e. The van der Waals surface area contributed by atoms with Gasteiger partial charge in [-0.25, -0.2) is 4.39 Å². The first-order valence-electron chi connectivity index (χ1n) is 4.20. The van der Waals surface area contributed by atoms with E-state index in [-0.39, 0.29) is 5.75 Å². The highest BCUT2D eigenvalue weighted by Crippen LogP contribution is 2.25. The summed E-state index contributed by atoms with van der Waals surface area (Å²) in [4.78, 5) is 9.98. The van der Waals surface area contributed by atoms with Crippen molar-refractivity contribution in [1.29, 1.82) is 0 Å². The molecule has 0 amide bonds. The van der Waals surface area contributed by atoms with Gasteiger partial charge in [-0.15, -0.1) is 0 Å². The van der Waals surface area contributed by atoms with Crippen molar-refractivity contribution in [3.05, 3.63) is 27.6 Å². The van der Waals surface area contributed by atoms with E-state index in [4.69, 9.17) is 9.78 Å². The van der Waals surface area contributed by atoms with Gasteiger partial charge in [-0.05, 0) is 55.5 Å². The Hall–Kier alpha value is -0.360. The lowest BCUT2D eigenvalue weighted by Gasteiger charge is -2.18. The minimum Gasteiger partial charge on any atom is -0.333 e. The summed E-state index contributed by atoms with van der Waals surface area (Å²) in [5, 5.41) is 0. The summed E-state index contributed by atoms with van der Waals surface area (Å²) in [6, 6.07) is 4.72. The van der Waals surface area contributed by atoms with Crippen LogP contribution in [-0.4, -0.2) is 5.60 Å². The fraction of sp³-hybridized carbons (Fsp3) is 0.400. The van der Waals surface area contributed by atoms with Gasteiger partial charge >= 0.3 is 0 Å². The molecule has 78 valence electrons. The van der Waals surface area contributed by atoms with Gasteiger partial charge in [0.1, 0.15) is 5.60 Å². The topological polar surface area (TPSA) is 18.5 Å². The lowest BCUT2D eigenvalue weighted by atomic mass is 10.2. The van der Waals surface area contributed by atoms with Crippen LogP contribution in [0, 0.1) is 9.39 Å². The third-order valence-corrected chi connectivity index (χ3v) is 2.14. The van der Waals surface area contributed by atoms with E-state index >= 15 is 0 Å². The second-order valence-corrected chi connectivity index (χ2v) is 4.99. The van der Waals surface area contributed by atoms with Gasteiger partial charge in [0.15, 0.2) is 5.82 Å². The van der Waals surface area contributed by atoms with Crippen LogP contribution in [0.25, 0.3) is 0 Å². The van der Waals surface area contributed by atoms with Crippen LogP contribution in [0.15, 0.2) is 18.2 Å². The first-order valence-corrected chi connectivity index (χ1v) is 5.28. The van der Waals surface area contributed by atoms with Crippen molar-refractivity contribution in [2.45, 2.75) is 26.4 Å². The number of para-hydroxylation sites is 1. The summed E-state index contributed by atoms with van der Waals surface area (Å²) in [7, 11) is 0. The molecule has 0 bridgehead atoms. The molecule has 0 atom stereocenters. The summed E-state index contributed by atoms with van der Waals surface area (Å²) in [5.41, 5.74) is -0.453. The number of benzene rings is 1. The van der Waals surface area contributed by atoms with E-state index < -0.39 is 11.4 Å². The Morgan fingerprint density at radius 3 is 2.43 bits per heavy atom. The van der Waals surface area contributed by atoms with Gasteiger partial charge < -0.3 is 4.89 Å². The van der Waals surface area contributed by atoms with Gasteiger partial charge in [0.25, 0.3) is 0 Å². The fourth-order valence-electron chi connectivity index (χ4n) is 0.729.